The van der Waals surface area contributed by atoms with Crippen LogP contribution >= 0.6 is 0 Å². The molecule has 3 rings (SSSR count). The highest BCUT2D eigenvalue weighted by Gasteiger charge is 2.47. The van der Waals surface area contributed by atoms with Gasteiger partial charge in [-0.25, -0.2) is 0 Å². The molecular formula is C16H29NO. The van der Waals surface area contributed by atoms with Crippen molar-refractivity contribution in [1.29, 1.82) is 0 Å². The van der Waals surface area contributed by atoms with Gasteiger partial charge in [-0.05, 0) is 44.4 Å². The van der Waals surface area contributed by atoms with Crippen LogP contribution in [-0.4, -0.2) is 24.3 Å². The van der Waals surface area contributed by atoms with Gasteiger partial charge in [0.2, 0.25) is 0 Å². The highest BCUT2D eigenvalue weighted by Crippen LogP contribution is 2.44. The van der Waals surface area contributed by atoms with Crippen molar-refractivity contribution in [2.45, 2.75) is 82.3 Å². The molecule has 1 N–H and O–H groups in total. The molecule has 0 atom stereocenters. The van der Waals surface area contributed by atoms with Gasteiger partial charge in [-0.1, -0.05) is 32.6 Å². The maximum Gasteiger partial charge on any atom is 0.0814 e. The smallest absolute Gasteiger partial charge is 0.0814 e. The lowest BCUT2D eigenvalue weighted by molar-refractivity contribution is -0.205. The predicted octanol–water partition coefficient (Wildman–Crippen LogP) is 3.65. The number of nitrogens with one attached hydrogen (secondary N) is 1. The number of hydrogen-bond acceptors (Lipinski definition) is 2. The molecule has 2 spiro atoms. The monoisotopic (exact) mass is 251 g/mol. The zero-order valence-corrected chi connectivity index (χ0v) is 12.0. The van der Waals surface area contributed by atoms with Gasteiger partial charge in [0.05, 0.1) is 11.2 Å². The molecule has 0 radical (unpaired) electrons. The fourth-order valence-corrected chi connectivity index (χ4v) is 4.42. The van der Waals surface area contributed by atoms with E-state index in [2.05, 4.69) is 12.2 Å². The van der Waals surface area contributed by atoms with E-state index >= 15 is 0 Å². The van der Waals surface area contributed by atoms with Crippen molar-refractivity contribution in [3.05, 3.63) is 0 Å². The van der Waals surface area contributed by atoms with Crippen LogP contribution in [0, 0.1) is 5.92 Å². The highest BCUT2D eigenvalue weighted by atomic mass is 16.5. The number of morpholine rings is 1. The average Bonchev–Trinajstić information content (AvgIpc) is 2.40. The molecule has 2 saturated carbocycles. The summed E-state index contributed by atoms with van der Waals surface area (Å²) in [6.07, 6.45) is 13.4. The lowest BCUT2D eigenvalue weighted by atomic mass is 9.74. The minimum absolute atomic E-state index is 0.196. The third kappa shape index (κ3) is 2.46. The van der Waals surface area contributed by atoms with E-state index in [1.54, 1.807) is 0 Å². The molecule has 2 nitrogen and oxygen atoms in total. The van der Waals surface area contributed by atoms with E-state index < -0.39 is 0 Å². The summed E-state index contributed by atoms with van der Waals surface area (Å²) in [5.74, 6) is 0.962. The molecule has 1 aliphatic heterocycles. The molecule has 0 aromatic heterocycles. The Hall–Kier alpha value is -0.0800. The van der Waals surface area contributed by atoms with Gasteiger partial charge >= 0.3 is 0 Å². The minimum Gasteiger partial charge on any atom is -0.366 e. The van der Waals surface area contributed by atoms with Crippen molar-refractivity contribution in [2.24, 2.45) is 5.92 Å². The minimum atomic E-state index is 0.196. The molecule has 3 fully saturated rings. The normalized spacial score (nSPS) is 40.2. The van der Waals surface area contributed by atoms with Gasteiger partial charge in [0.1, 0.15) is 0 Å². The van der Waals surface area contributed by atoms with Gasteiger partial charge in [-0.15, -0.1) is 0 Å². The van der Waals surface area contributed by atoms with Crippen LogP contribution in [0.3, 0.4) is 0 Å². The first-order valence-electron chi connectivity index (χ1n) is 8.17. The van der Waals surface area contributed by atoms with Gasteiger partial charge in [0.25, 0.3) is 0 Å². The standard InChI is InChI=1S/C16H29NO/c1-2-14-6-10-16(11-7-14)13-17-12-15(18-16)8-4-3-5-9-15/h14,17H,2-13H2,1H3. The Morgan fingerprint density at radius 2 is 1.56 bits per heavy atom. The zero-order valence-electron chi connectivity index (χ0n) is 12.0. The molecule has 104 valence electrons. The summed E-state index contributed by atoms with van der Waals surface area (Å²) in [4.78, 5) is 0. The highest BCUT2D eigenvalue weighted by molar-refractivity contribution is 4.99. The van der Waals surface area contributed by atoms with E-state index in [1.165, 1.54) is 64.2 Å². The molecule has 18 heavy (non-hydrogen) atoms. The quantitative estimate of drug-likeness (QED) is 0.768. The predicted molar refractivity (Wildman–Crippen MR) is 74.8 cm³/mol. The summed E-state index contributed by atoms with van der Waals surface area (Å²) in [6, 6.07) is 0. The lowest BCUT2D eigenvalue weighted by Crippen LogP contribution is -2.61. The third-order valence-electron chi connectivity index (χ3n) is 5.69. The summed E-state index contributed by atoms with van der Waals surface area (Å²) in [5.41, 5.74) is 0.400. The molecule has 0 bridgehead atoms. The van der Waals surface area contributed by atoms with E-state index in [4.69, 9.17) is 4.74 Å². The summed E-state index contributed by atoms with van der Waals surface area (Å²) in [6.45, 7) is 4.54. The van der Waals surface area contributed by atoms with Crippen molar-refractivity contribution in [2.75, 3.05) is 13.1 Å². The van der Waals surface area contributed by atoms with Crippen molar-refractivity contribution in [3.8, 4) is 0 Å². The van der Waals surface area contributed by atoms with Crippen LogP contribution in [0.1, 0.15) is 71.1 Å². The number of rotatable bonds is 1. The molecule has 2 heteroatoms. The molecule has 0 unspecified atom stereocenters. The summed E-state index contributed by atoms with van der Waals surface area (Å²) < 4.78 is 6.77. The molecule has 2 aliphatic carbocycles. The first-order chi connectivity index (χ1) is 8.76. The van der Waals surface area contributed by atoms with Crippen LogP contribution in [0.25, 0.3) is 0 Å². The van der Waals surface area contributed by atoms with Crippen molar-refractivity contribution >= 4 is 0 Å². The Morgan fingerprint density at radius 3 is 2.17 bits per heavy atom. The van der Waals surface area contributed by atoms with Crippen LogP contribution in [0.2, 0.25) is 0 Å². The Balaban J connectivity index is 1.66. The zero-order chi connectivity index (χ0) is 12.5. The van der Waals surface area contributed by atoms with Crippen molar-refractivity contribution in [3.63, 3.8) is 0 Å². The van der Waals surface area contributed by atoms with Crippen LogP contribution < -0.4 is 5.32 Å². The van der Waals surface area contributed by atoms with Gasteiger partial charge in [0, 0.05) is 13.1 Å². The van der Waals surface area contributed by atoms with Gasteiger partial charge in [0.15, 0.2) is 0 Å². The molecule has 0 aromatic rings. The van der Waals surface area contributed by atoms with Crippen molar-refractivity contribution < 1.29 is 4.74 Å². The maximum absolute atomic E-state index is 6.77. The van der Waals surface area contributed by atoms with E-state index in [0.717, 1.165) is 19.0 Å². The molecule has 1 heterocycles. The third-order valence-corrected chi connectivity index (χ3v) is 5.69. The second-order valence-electron chi connectivity index (χ2n) is 6.98. The maximum atomic E-state index is 6.77. The van der Waals surface area contributed by atoms with Crippen LogP contribution in [0.5, 0.6) is 0 Å². The Kier molecular flexibility index (Phi) is 3.68. The van der Waals surface area contributed by atoms with E-state index in [0.29, 0.717) is 0 Å². The van der Waals surface area contributed by atoms with Crippen LogP contribution in [0.4, 0.5) is 0 Å². The topological polar surface area (TPSA) is 21.3 Å². The first kappa shape index (κ1) is 12.9. The molecular weight excluding hydrogens is 222 g/mol. The Morgan fingerprint density at radius 1 is 0.944 bits per heavy atom. The second kappa shape index (κ2) is 5.13. The molecule has 0 aromatic carbocycles. The first-order valence-corrected chi connectivity index (χ1v) is 8.17. The Bertz CT molecular complexity index is 269. The van der Waals surface area contributed by atoms with E-state index in [-0.39, 0.29) is 11.2 Å². The number of ether oxygens (including phenoxy) is 1. The van der Waals surface area contributed by atoms with Crippen molar-refractivity contribution in [1.82, 2.24) is 5.32 Å². The fourth-order valence-electron chi connectivity index (χ4n) is 4.42. The SMILES string of the molecule is CCC1CCC2(CC1)CNCC1(CCCCC1)O2. The van der Waals surface area contributed by atoms with Gasteiger partial charge in [-0.3, -0.25) is 0 Å². The largest absolute Gasteiger partial charge is 0.366 e. The lowest BCUT2D eigenvalue weighted by Gasteiger charge is -2.52. The summed E-state index contributed by atoms with van der Waals surface area (Å²) >= 11 is 0. The second-order valence-corrected chi connectivity index (χ2v) is 6.98. The fraction of sp³-hybridized carbons (Fsp3) is 1.00. The summed E-state index contributed by atoms with van der Waals surface area (Å²) in [5, 5.41) is 3.71. The average molecular weight is 251 g/mol. The van der Waals surface area contributed by atoms with E-state index in [9.17, 15) is 0 Å². The summed E-state index contributed by atoms with van der Waals surface area (Å²) in [7, 11) is 0. The Labute approximate surface area is 112 Å². The molecule has 0 amide bonds. The molecule has 1 saturated heterocycles. The van der Waals surface area contributed by atoms with Crippen LogP contribution in [0.15, 0.2) is 0 Å². The molecule has 3 aliphatic rings. The van der Waals surface area contributed by atoms with Gasteiger partial charge < -0.3 is 10.1 Å². The van der Waals surface area contributed by atoms with Gasteiger partial charge in [-0.2, -0.15) is 0 Å². The van der Waals surface area contributed by atoms with Crippen LogP contribution in [-0.2, 0) is 4.74 Å². The van der Waals surface area contributed by atoms with E-state index in [1.807, 2.05) is 0 Å². The number of hydrogen-bond donors (Lipinski definition) is 1.